The van der Waals surface area contributed by atoms with Crippen LogP contribution < -0.4 is 0 Å². The maximum absolute atomic E-state index is 2.16. The zero-order chi connectivity index (χ0) is 6.85. The second kappa shape index (κ2) is 4.08. The molecular weight excluding hydrogens is 317 g/mol. The number of rotatable bonds is 0. The van der Waals surface area contributed by atoms with Gasteiger partial charge in [-0.2, -0.15) is 0 Å². The molecule has 0 radical (unpaired) electrons. The summed E-state index contributed by atoms with van der Waals surface area (Å²) >= 11 is 0. The zero-order valence-electron chi connectivity index (χ0n) is 6.94. The fraction of sp³-hybridized carbons (Fsp3) is 0.333. The van der Waals surface area contributed by atoms with Gasteiger partial charge in [0.2, 0.25) is 0 Å². The normalized spacial score (nSPS) is 8.70. The summed E-state index contributed by atoms with van der Waals surface area (Å²) in [5.74, 6) is 0. The van der Waals surface area contributed by atoms with Crippen molar-refractivity contribution in [3.05, 3.63) is 34.9 Å². The third kappa shape index (κ3) is 2.06. The van der Waals surface area contributed by atoms with Crippen LogP contribution in [0.3, 0.4) is 0 Å². The Kier molecular flexibility index (Phi) is 4.12. The summed E-state index contributed by atoms with van der Waals surface area (Å²) in [6.07, 6.45) is 0. The fourth-order valence-corrected chi connectivity index (χ4v) is 0.898. The molecule has 56 valence electrons. The zero-order valence-corrected chi connectivity index (χ0v) is 12.4. The third-order valence-electron chi connectivity index (χ3n) is 1.88. The van der Waals surface area contributed by atoms with Gasteiger partial charge in [-0.05, 0) is 37.5 Å². The topological polar surface area (TPSA) is 0 Å². The van der Waals surface area contributed by atoms with E-state index in [0.717, 1.165) is 0 Å². The monoisotopic (exact) mass is 332 g/mol. The Morgan fingerprint density at radius 3 is 1.60 bits per heavy atom. The van der Waals surface area contributed by atoms with Crippen LogP contribution in [0.2, 0.25) is 0 Å². The van der Waals surface area contributed by atoms with Crippen LogP contribution in [0.4, 0.5) is 0 Å². The van der Waals surface area contributed by atoms with E-state index in [1.54, 1.807) is 0 Å². The van der Waals surface area contributed by atoms with E-state index in [2.05, 4.69) is 39.0 Å². The van der Waals surface area contributed by atoms with E-state index in [0.29, 0.717) is 0 Å². The molecule has 0 atom stereocenters. The molecule has 0 saturated heterocycles. The second-order valence-electron chi connectivity index (χ2n) is 2.52. The van der Waals surface area contributed by atoms with Gasteiger partial charge in [0.15, 0.2) is 0 Å². The molecule has 1 aromatic carbocycles. The van der Waals surface area contributed by atoms with E-state index in [1.165, 1.54) is 16.7 Å². The first kappa shape index (κ1) is 10.1. The quantitative estimate of drug-likeness (QED) is 0.631. The van der Waals surface area contributed by atoms with Gasteiger partial charge in [-0.1, -0.05) is 18.2 Å². The van der Waals surface area contributed by atoms with Crippen molar-refractivity contribution in [2.24, 2.45) is 0 Å². The van der Waals surface area contributed by atoms with Crippen LogP contribution >= 0.6 is 0 Å². The summed E-state index contributed by atoms with van der Waals surface area (Å²) in [5.41, 5.74) is 4.18. The average molecular weight is 332 g/mol. The van der Waals surface area contributed by atoms with Crippen molar-refractivity contribution >= 4 is 26.2 Å². The van der Waals surface area contributed by atoms with E-state index in [9.17, 15) is 0 Å². The third-order valence-corrected chi connectivity index (χ3v) is 1.88. The van der Waals surface area contributed by atoms with Gasteiger partial charge in [0, 0.05) is 0 Å². The Morgan fingerprint density at radius 2 is 1.30 bits per heavy atom. The van der Waals surface area contributed by atoms with E-state index in [4.69, 9.17) is 0 Å². The average Bonchev–Trinajstić information content (AvgIpc) is 1.83. The molecule has 0 aliphatic carbocycles. The molecule has 1 heteroatoms. The van der Waals surface area contributed by atoms with Gasteiger partial charge >= 0.3 is 26.2 Å². The molecule has 1 rings (SSSR count). The van der Waals surface area contributed by atoms with Gasteiger partial charge in [0.25, 0.3) is 0 Å². The molecule has 10 heavy (non-hydrogen) atoms. The predicted octanol–water partition coefficient (Wildman–Crippen LogP) is 1.43. The molecule has 0 aliphatic heterocycles. The Labute approximate surface area is 81.8 Å². The molecule has 0 N–H and O–H groups in total. The van der Waals surface area contributed by atoms with Gasteiger partial charge in [-0.3, -0.25) is 0 Å². The van der Waals surface area contributed by atoms with Gasteiger partial charge in [0.1, 0.15) is 0 Å². The Hall–Kier alpha value is 0.103. The van der Waals surface area contributed by atoms with E-state index in [1.807, 2.05) is 0 Å². The van der Waals surface area contributed by atoms with Crippen LogP contribution in [0.15, 0.2) is 18.2 Å². The Morgan fingerprint density at radius 1 is 0.900 bits per heavy atom. The van der Waals surface area contributed by atoms with Crippen molar-refractivity contribution in [2.75, 3.05) is 0 Å². The molecule has 0 nitrogen and oxygen atoms in total. The van der Waals surface area contributed by atoms with Gasteiger partial charge in [-0.15, -0.1) is 0 Å². The van der Waals surface area contributed by atoms with Crippen molar-refractivity contribution in [1.82, 2.24) is 0 Å². The molecule has 0 aliphatic rings. The summed E-state index contributed by atoms with van der Waals surface area (Å²) in [6.45, 7) is 6.44. The van der Waals surface area contributed by atoms with E-state index in [-0.39, 0.29) is 26.2 Å². The Bertz CT molecular complexity index is 196. The number of aryl methyl sites for hydroxylation is 2. The van der Waals surface area contributed by atoms with Crippen LogP contribution in [0.25, 0.3) is 0 Å². The van der Waals surface area contributed by atoms with Gasteiger partial charge in [0.05, 0.1) is 0 Å². The SMILES string of the molecule is Cc1cccc(C)c1C.[BiH3]. The molecule has 0 unspecified atom stereocenters. The van der Waals surface area contributed by atoms with Gasteiger partial charge < -0.3 is 0 Å². The summed E-state index contributed by atoms with van der Waals surface area (Å²) in [7, 11) is 0. The number of benzene rings is 1. The second-order valence-corrected chi connectivity index (χ2v) is 2.52. The van der Waals surface area contributed by atoms with Crippen LogP contribution in [0.5, 0.6) is 0 Å². The maximum atomic E-state index is 2.16. The molecule has 0 aromatic heterocycles. The molecule has 0 bridgehead atoms. The fourth-order valence-electron chi connectivity index (χ4n) is 0.898. The first-order valence-corrected chi connectivity index (χ1v) is 3.24. The molecule has 1 aromatic rings. The van der Waals surface area contributed by atoms with Crippen molar-refractivity contribution in [3.8, 4) is 0 Å². The molecule has 0 saturated carbocycles. The van der Waals surface area contributed by atoms with E-state index < -0.39 is 0 Å². The van der Waals surface area contributed by atoms with Crippen molar-refractivity contribution < 1.29 is 0 Å². The van der Waals surface area contributed by atoms with Gasteiger partial charge in [-0.25, -0.2) is 0 Å². The van der Waals surface area contributed by atoms with Crippen LogP contribution in [0.1, 0.15) is 16.7 Å². The summed E-state index contributed by atoms with van der Waals surface area (Å²) in [6, 6.07) is 6.38. The van der Waals surface area contributed by atoms with Crippen molar-refractivity contribution in [1.29, 1.82) is 0 Å². The first-order valence-electron chi connectivity index (χ1n) is 3.24. The van der Waals surface area contributed by atoms with Crippen molar-refractivity contribution in [3.63, 3.8) is 0 Å². The summed E-state index contributed by atoms with van der Waals surface area (Å²) in [4.78, 5) is 0. The van der Waals surface area contributed by atoms with E-state index >= 15 is 0 Å². The molecule has 0 fully saturated rings. The predicted molar refractivity (Wildman–Crippen MR) is 50.6 cm³/mol. The summed E-state index contributed by atoms with van der Waals surface area (Å²) < 4.78 is 0. The molecular formula is C9H15Bi. The van der Waals surface area contributed by atoms with Crippen LogP contribution in [0, 0.1) is 20.8 Å². The molecule has 0 heterocycles. The minimum atomic E-state index is 0. The number of hydrogen-bond donors (Lipinski definition) is 0. The minimum absolute atomic E-state index is 0. The van der Waals surface area contributed by atoms with Crippen molar-refractivity contribution in [2.45, 2.75) is 20.8 Å². The first-order chi connectivity index (χ1) is 4.22. The standard InChI is InChI=1S/C9H12.Bi.3H/c1-7-5-4-6-8(2)9(7)3;;;;/h4-6H,1-3H3;;;;. The molecule has 0 amide bonds. The number of hydrogen-bond acceptors (Lipinski definition) is 0. The molecule has 0 spiro atoms. The Balaban J connectivity index is 0.000000810. The van der Waals surface area contributed by atoms with Crippen LogP contribution in [-0.4, -0.2) is 26.2 Å². The summed E-state index contributed by atoms with van der Waals surface area (Å²) in [5, 5.41) is 0. The van der Waals surface area contributed by atoms with Crippen LogP contribution in [-0.2, 0) is 0 Å².